The average molecular weight is 326 g/mol. The number of nitrogens with zero attached hydrogens (tertiary/aromatic N) is 1. The van der Waals surface area contributed by atoms with Crippen LogP contribution in [0.25, 0.3) is 0 Å². The highest BCUT2D eigenvalue weighted by molar-refractivity contribution is 5.70. The van der Waals surface area contributed by atoms with Gasteiger partial charge in [-0.15, -0.1) is 0 Å². The Morgan fingerprint density at radius 3 is 2.62 bits per heavy atom. The first-order valence-corrected chi connectivity index (χ1v) is 8.18. The van der Waals surface area contributed by atoms with Crippen molar-refractivity contribution in [1.29, 1.82) is 0 Å². The first kappa shape index (κ1) is 16.5. The maximum absolute atomic E-state index is 11.7. The largest absolute Gasteiger partial charge is 0.412 e. The Balaban J connectivity index is 1.41. The third-order valence-corrected chi connectivity index (χ3v) is 4.11. The van der Waals surface area contributed by atoms with Crippen molar-refractivity contribution in [2.75, 3.05) is 19.6 Å². The molecule has 0 radical (unpaired) electrons. The lowest BCUT2D eigenvalue weighted by atomic mass is 10.00. The Hall–Kier alpha value is -2.37. The summed E-state index contributed by atoms with van der Waals surface area (Å²) in [5.41, 5.74) is 2.69. The molecule has 1 unspecified atom stereocenters. The summed E-state index contributed by atoms with van der Waals surface area (Å²) in [4.78, 5) is 13.9. The number of aliphatic hydroxyl groups excluding tert-OH is 1. The number of ether oxygens (including phenoxy) is 1. The van der Waals surface area contributed by atoms with E-state index >= 15 is 0 Å². The molecule has 5 heteroatoms. The summed E-state index contributed by atoms with van der Waals surface area (Å²) in [6, 6.07) is 17.3. The number of para-hydroxylation sites is 1. The van der Waals surface area contributed by atoms with Crippen LogP contribution in [0.15, 0.2) is 54.6 Å². The molecule has 2 N–H and O–H groups in total. The molecule has 1 amide bonds. The van der Waals surface area contributed by atoms with Gasteiger partial charge in [-0.3, -0.25) is 4.90 Å². The number of amides is 1. The average Bonchev–Trinajstić information content (AvgIpc) is 2.61. The zero-order chi connectivity index (χ0) is 16.8. The number of hydrogen-bond acceptors (Lipinski definition) is 4. The van der Waals surface area contributed by atoms with Gasteiger partial charge in [0.1, 0.15) is 5.75 Å². The summed E-state index contributed by atoms with van der Waals surface area (Å²) >= 11 is 0. The Morgan fingerprint density at radius 2 is 1.83 bits per heavy atom. The smallest absolute Gasteiger partial charge is 0.410 e. The highest BCUT2D eigenvalue weighted by Gasteiger charge is 2.18. The Morgan fingerprint density at radius 1 is 1.12 bits per heavy atom. The van der Waals surface area contributed by atoms with Crippen molar-refractivity contribution in [2.45, 2.75) is 19.1 Å². The van der Waals surface area contributed by atoms with Gasteiger partial charge < -0.3 is 15.2 Å². The van der Waals surface area contributed by atoms with Gasteiger partial charge in [-0.2, -0.15) is 0 Å². The Labute approximate surface area is 141 Å². The van der Waals surface area contributed by atoms with Gasteiger partial charge in [0.25, 0.3) is 0 Å². The van der Waals surface area contributed by atoms with Crippen LogP contribution in [-0.4, -0.2) is 41.8 Å². The molecule has 126 valence electrons. The van der Waals surface area contributed by atoms with E-state index in [0.717, 1.165) is 19.5 Å². The van der Waals surface area contributed by atoms with Crippen molar-refractivity contribution in [3.63, 3.8) is 0 Å². The molecule has 0 bridgehead atoms. The van der Waals surface area contributed by atoms with Gasteiger partial charge in [0, 0.05) is 26.2 Å². The van der Waals surface area contributed by atoms with Gasteiger partial charge in [0.2, 0.25) is 0 Å². The maximum Gasteiger partial charge on any atom is 0.412 e. The number of nitrogens with one attached hydrogen (secondary N) is 1. The van der Waals surface area contributed by atoms with Gasteiger partial charge >= 0.3 is 6.09 Å². The van der Waals surface area contributed by atoms with Gasteiger partial charge in [-0.1, -0.05) is 42.5 Å². The number of rotatable bonds is 5. The fraction of sp³-hybridized carbons (Fsp3) is 0.316. The number of aliphatic hydroxyl groups is 1. The van der Waals surface area contributed by atoms with E-state index in [1.54, 1.807) is 24.3 Å². The standard InChI is InChI=1S/C19H22N2O3/c22-17(12-20-19(23)24-18-8-2-1-3-9-18)14-21-11-10-15-6-4-5-7-16(15)13-21/h1-9,17,22H,10-14H2,(H,20,23). The number of carbonyl (C=O) groups excluding carboxylic acids is 1. The highest BCUT2D eigenvalue weighted by atomic mass is 16.6. The molecule has 3 rings (SSSR count). The minimum Gasteiger partial charge on any atom is -0.410 e. The predicted molar refractivity (Wildman–Crippen MR) is 91.9 cm³/mol. The maximum atomic E-state index is 11.7. The summed E-state index contributed by atoms with van der Waals surface area (Å²) in [6.45, 7) is 2.45. The summed E-state index contributed by atoms with van der Waals surface area (Å²) in [5, 5.41) is 12.8. The SMILES string of the molecule is O=C(NCC(O)CN1CCc2ccccc2C1)Oc1ccccc1. The van der Waals surface area contributed by atoms with Crippen molar-refractivity contribution in [2.24, 2.45) is 0 Å². The van der Waals surface area contributed by atoms with Crippen molar-refractivity contribution < 1.29 is 14.6 Å². The van der Waals surface area contributed by atoms with Crippen LogP contribution in [0.2, 0.25) is 0 Å². The van der Waals surface area contributed by atoms with Crippen molar-refractivity contribution in [3.05, 3.63) is 65.7 Å². The number of fused-ring (bicyclic) bond motifs is 1. The van der Waals surface area contributed by atoms with E-state index in [4.69, 9.17) is 4.74 Å². The third kappa shape index (κ3) is 4.57. The van der Waals surface area contributed by atoms with E-state index in [1.165, 1.54) is 11.1 Å². The second kappa shape index (κ2) is 7.95. The summed E-state index contributed by atoms with van der Waals surface area (Å²) < 4.78 is 5.13. The fourth-order valence-electron chi connectivity index (χ4n) is 2.91. The lowest BCUT2D eigenvalue weighted by Gasteiger charge is -2.30. The van der Waals surface area contributed by atoms with Crippen LogP contribution in [-0.2, 0) is 13.0 Å². The first-order chi connectivity index (χ1) is 11.7. The van der Waals surface area contributed by atoms with E-state index < -0.39 is 12.2 Å². The molecule has 0 fully saturated rings. The van der Waals surface area contributed by atoms with Gasteiger partial charge in [0.05, 0.1) is 6.10 Å². The minimum absolute atomic E-state index is 0.170. The van der Waals surface area contributed by atoms with Gasteiger partial charge in [0.15, 0.2) is 0 Å². The second-order valence-electron chi connectivity index (χ2n) is 5.99. The number of benzene rings is 2. The monoisotopic (exact) mass is 326 g/mol. The Kier molecular flexibility index (Phi) is 5.46. The normalized spacial score (nSPS) is 15.4. The molecule has 1 aliphatic heterocycles. The molecule has 24 heavy (non-hydrogen) atoms. The van der Waals surface area contributed by atoms with E-state index in [0.29, 0.717) is 12.3 Å². The Bertz CT molecular complexity index is 675. The molecule has 5 nitrogen and oxygen atoms in total. The van der Waals surface area contributed by atoms with Crippen LogP contribution in [0.4, 0.5) is 4.79 Å². The molecule has 1 heterocycles. The number of carbonyl (C=O) groups is 1. The molecule has 0 aromatic heterocycles. The quantitative estimate of drug-likeness (QED) is 0.884. The lowest BCUT2D eigenvalue weighted by Crippen LogP contribution is -2.42. The second-order valence-corrected chi connectivity index (χ2v) is 5.99. The number of β-amino-alcohol motifs (C(OH)–C–C–N with tert-alkyl or cyclic N) is 1. The lowest BCUT2D eigenvalue weighted by molar-refractivity contribution is 0.103. The molecular formula is C19H22N2O3. The molecule has 2 aromatic rings. The molecule has 0 saturated heterocycles. The van der Waals surface area contributed by atoms with Crippen LogP contribution in [0.1, 0.15) is 11.1 Å². The van der Waals surface area contributed by atoms with Crippen molar-refractivity contribution in [1.82, 2.24) is 10.2 Å². The first-order valence-electron chi connectivity index (χ1n) is 8.18. The van der Waals surface area contributed by atoms with E-state index in [9.17, 15) is 9.90 Å². The topological polar surface area (TPSA) is 61.8 Å². The molecule has 0 spiro atoms. The predicted octanol–water partition coefficient (Wildman–Crippen LogP) is 2.19. The molecular weight excluding hydrogens is 304 g/mol. The summed E-state index contributed by atoms with van der Waals surface area (Å²) in [7, 11) is 0. The van der Waals surface area contributed by atoms with Crippen LogP contribution in [0.5, 0.6) is 5.75 Å². The van der Waals surface area contributed by atoms with Crippen LogP contribution in [0.3, 0.4) is 0 Å². The van der Waals surface area contributed by atoms with Crippen LogP contribution in [0, 0.1) is 0 Å². The summed E-state index contributed by atoms with van der Waals surface area (Å²) in [6.07, 6.45) is -0.186. The molecule has 0 aliphatic carbocycles. The van der Waals surface area contributed by atoms with Crippen molar-refractivity contribution >= 4 is 6.09 Å². The molecule has 1 aliphatic rings. The van der Waals surface area contributed by atoms with Crippen LogP contribution >= 0.6 is 0 Å². The van der Waals surface area contributed by atoms with Gasteiger partial charge in [-0.25, -0.2) is 4.79 Å². The van der Waals surface area contributed by atoms with E-state index in [2.05, 4.69) is 28.4 Å². The fourth-order valence-corrected chi connectivity index (χ4v) is 2.91. The van der Waals surface area contributed by atoms with Gasteiger partial charge in [-0.05, 0) is 29.7 Å². The molecule has 0 saturated carbocycles. The summed E-state index contributed by atoms with van der Waals surface area (Å²) in [5.74, 6) is 0.483. The van der Waals surface area contributed by atoms with E-state index in [1.807, 2.05) is 12.1 Å². The third-order valence-electron chi connectivity index (χ3n) is 4.11. The number of hydrogen-bond donors (Lipinski definition) is 2. The minimum atomic E-state index is -0.626. The van der Waals surface area contributed by atoms with Crippen LogP contribution < -0.4 is 10.1 Å². The zero-order valence-corrected chi connectivity index (χ0v) is 13.5. The van der Waals surface area contributed by atoms with Crippen molar-refractivity contribution in [3.8, 4) is 5.75 Å². The molecule has 1 atom stereocenters. The molecule has 2 aromatic carbocycles. The van der Waals surface area contributed by atoms with E-state index in [-0.39, 0.29) is 6.54 Å². The highest BCUT2D eigenvalue weighted by Crippen LogP contribution is 2.18. The zero-order valence-electron chi connectivity index (χ0n) is 13.5.